The highest BCUT2D eigenvalue weighted by molar-refractivity contribution is 6.70. The molecule has 0 fully saturated rings. The third-order valence-corrected chi connectivity index (χ3v) is 4.61. The lowest BCUT2D eigenvalue weighted by atomic mass is 10.0. The maximum atomic E-state index is 14.0. The molecule has 4 nitrogen and oxygen atoms in total. The molecule has 0 aliphatic heterocycles. The van der Waals surface area contributed by atoms with Crippen molar-refractivity contribution < 1.29 is 9.13 Å². The number of nitrogens with zero attached hydrogens (tertiary/aromatic N) is 1. The first-order valence-electron chi connectivity index (χ1n) is 8.17. The molecule has 2 aromatic rings. The smallest absolute Gasteiger partial charge is 0.131 e. The number of halogens is 2. The van der Waals surface area contributed by atoms with Gasteiger partial charge < -0.3 is 15.8 Å². The van der Waals surface area contributed by atoms with Crippen LogP contribution in [0.4, 0.5) is 10.1 Å². The number of hydrogen-bond acceptors (Lipinski definition) is 4. The zero-order valence-electron chi connectivity index (χ0n) is 15.4. The van der Waals surface area contributed by atoms with E-state index in [4.69, 9.17) is 22.1 Å². The van der Waals surface area contributed by atoms with Crippen LogP contribution in [0.2, 0.25) is 0 Å². The van der Waals surface area contributed by atoms with E-state index in [1.54, 1.807) is 20.2 Å². The lowest BCUT2D eigenvalue weighted by molar-refractivity contribution is 0.298. The zero-order valence-corrected chi connectivity index (χ0v) is 16.1. The molecule has 0 aromatic heterocycles. The van der Waals surface area contributed by atoms with Crippen LogP contribution in [-0.4, -0.2) is 19.3 Å². The van der Waals surface area contributed by atoms with Crippen LogP contribution in [-0.2, 0) is 6.61 Å². The van der Waals surface area contributed by atoms with E-state index < -0.39 is 0 Å². The third-order valence-electron chi connectivity index (χ3n) is 4.16. The predicted octanol–water partition coefficient (Wildman–Crippen LogP) is 4.71. The molecule has 0 saturated heterocycles. The van der Waals surface area contributed by atoms with Crippen molar-refractivity contribution >= 4 is 28.2 Å². The fraction of sp³-hybridized carbons (Fsp3) is 0.250. The van der Waals surface area contributed by atoms with Crippen LogP contribution in [0.25, 0.3) is 5.70 Å². The Morgan fingerprint density at radius 1 is 1.31 bits per heavy atom. The van der Waals surface area contributed by atoms with Crippen molar-refractivity contribution in [1.29, 1.82) is 0 Å². The Labute approximate surface area is 158 Å². The summed E-state index contributed by atoms with van der Waals surface area (Å²) in [6.45, 7) is 3.86. The Morgan fingerprint density at radius 2 is 2.04 bits per heavy atom. The molecule has 26 heavy (non-hydrogen) atoms. The van der Waals surface area contributed by atoms with Gasteiger partial charge in [0.25, 0.3) is 0 Å². The van der Waals surface area contributed by atoms with Crippen LogP contribution >= 0.6 is 11.6 Å². The molecule has 0 saturated carbocycles. The van der Waals surface area contributed by atoms with Gasteiger partial charge in [-0.1, -0.05) is 17.7 Å². The number of aliphatic imine (C=N–C) groups is 1. The highest BCUT2D eigenvalue weighted by Gasteiger charge is 2.11. The molecule has 0 radical (unpaired) electrons. The number of hydrogen-bond donors (Lipinski definition) is 2. The van der Waals surface area contributed by atoms with Crippen molar-refractivity contribution in [3.63, 3.8) is 0 Å². The van der Waals surface area contributed by atoms with E-state index in [0.717, 1.165) is 11.1 Å². The standard InChI is InChI=1S/C20H23ClFN3O/c1-12-10-14(19(23)13(2)20(21)25-4)8-9-18(12)26-11-15-16(22)6-5-7-17(15)24-3/h5-10,24H,11,23H2,1-4H3. The Hall–Kier alpha value is -2.53. The lowest BCUT2D eigenvalue weighted by Gasteiger charge is -2.14. The van der Waals surface area contributed by atoms with E-state index in [2.05, 4.69) is 10.3 Å². The minimum atomic E-state index is -0.303. The molecule has 2 rings (SSSR count). The Balaban J connectivity index is 2.24. The Bertz CT molecular complexity index is 862. The second kappa shape index (κ2) is 8.72. The highest BCUT2D eigenvalue weighted by atomic mass is 35.5. The van der Waals surface area contributed by atoms with Gasteiger partial charge in [-0.2, -0.15) is 0 Å². The Kier molecular flexibility index (Phi) is 6.64. The quantitative estimate of drug-likeness (QED) is 0.719. The first-order chi connectivity index (χ1) is 12.4. The molecule has 6 heteroatoms. The van der Waals surface area contributed by atoms with E-state index in [9.17, 15) is 4.39 Å². The third kappa shape index (κ3) is 4.35. The van der Waals surface area contributed by atoms with Gasteiger partial charge in [0, 0.05) is 36.6 Å². The minimum Gasteiger partial charge on any atom is -0.488 e. The summed E-state index contributed by atoms with van der Waals surface area (Å²) in [6, 6.07) is 10.5. The monoisotopic (exact) mass is 375 g/mol. The van der Waals surface area contributed by atoms with Gasteiger partial charge in [0.15, 0.2) is 0 Å². The first-order valence-corrected chi connectivity index (χ1v) is 8.54. The molecule has 0 heterocycles. The van der Waals surface area contributed by atoms with Crippen molar-refractivity contribution in [2.75, 3.05) is 19.4 Å². The van der Waals surface area contributed by atoms with Gasteiger partial charge in [0.1, 0.15) is 23.3 Å². The molecule has 0 unspecified atom stereocenters. The van der Waals surface area contributed by atoms with E-state index in [1.807, 2.05) is 38.1 Å². The molecule has 0 spiro atoms. The van der Waals surface area contributed by atoms with Gasteiger partial charge in [0.2, 0.25) is 0 Å². The molecule has 3 N–H and O–H groups in total. The first kappa shape index (κ1) is 19.8. The number of aryl methyl sites for hydroxylation is 1. The van der Waals surface area contributed by atoms with Crippen molar-refractivity contribution in [3.8, 4) is 5.75 Å². The number of nitrogens with one attached hydrogen (secondary N) is 1. The van der Waals surface area contributed by atoms with Crippen molar-refractivity contribution in [3.05, 3.63) is 64.5 Å². The summed E-state index contributed by atoms with van der Waals surface area (Å²) in [6.07, 6.45) is 0. The zero-order chi connectivity index (χ0) is 19.3. The summed E-state index contributed by atoms with van der Waals surface area (Å²) in [5, 5.41) is 3.35. The number of rotatable bonds is 6. The maximum absolute atomic E-state index is 14.0. The van der Waals surface area contributed by atoms with Gasteiger partial charge >= 0.3 is 0 Å². The largest absolute Gasteiger partial charge is 0.488 e. The molecule has 2 aromatic carbocycles. The van der Waals surface area contributed by atoms with Gasteiger partial charge in [0.05, 0.1) is 0 Å². The lowest BCUT2D eigenvalue weighted by Crippen LogP contribution is -2.06. The summed E-state index contributed by atoms with van der Waals surface area (Å²) in [4.78, 5) is 3.94. The minimum absolute atomic E-state index is 0.127. The van der Waals surface area contributed by atoms with E-state index in [0.29, 0.717) is 33.4 Å². The number of anilines is 1. The van der Waals surface area contributed by atoms with Crippen LogP contribution in [0.1, 0.15) is 23.6 Å². The van der Waals surface area contributed by atoms with Crippen LogP contribution in [0.5, 0.6) is 5.75 Å². The van der Waals surface area contributed by atoms with Crippen molar-refractivity contribution in [2.45, 2.75) is 20.5 Å². The number of benzene rings is 2. The fourth-order valence-corrected chi connectivity index (χ4v) is 2.67. The van der Waals surface area contributed by atoms with Crippen LogP contribution in [0.3, 0.4) is 0 Å². The normalized spacial score (nSPS) is 12.6. The van der Waals surface area contributed by atoms with Gasteiger partial charge in [-0.25, -0.2) is 4.39 Å². The predicted molar refractivity (Wildman–Crippen MR) is 107 cm³/mol. The summed E-state index contributed by atoms with van der Waals surface area (Å²) in [5.74, 6) is 0.363. The van der Waals surface area contributed by atoms with Crippen molar-refractivity contribution in [2.24, 2.45) is 10.7 Å². The number of nitrogens with two attached hydrogens (primary N) is 1. The number of allylic oxidation sites excluding steroid dienone is 1. The topological polar surface area (TPSA) is 59.6 Å². The molecular weight excluding hydrogens is 353 g/mol. The van der Waals surface area contributed by atoms with Gasteiger partial charge in [-0.3, -0.25) is 4.99 Å². The maximum Gasteiger partial charge on any atom is 0.131 e. The molecular formula is C20H23ClFN3O. The second-order valence-corrected chi connectivity index (χ2v) is 6.20. The molecule has 0 amide bonds. The van der Waals surface area contributed by atoms with E-state index >= 15 is 0 Å². The average Bonchev–Trinajstić information content (AvgIpc) is 2.65. The Morgan fingerprint density at radius 3 is 2.65 bits per heavy atom. The van der Waals surface area contributed by atoms with Gasteiger partial charge in [-0.15, -0.1) is 0 Å². The van der Waals surface area contributed by atoms with Crippen LogP contribution < -0.4 is 15.8 Å². The molecule has 0 aliphatic carbocycles. The summed E-state index contributed by atoms with van der Waals surface area (Å²) in [5.41, 5.74) is 10.4. The van der Waals surface area contributed by atoms with Gasteiger partial charge in [-0.05, 0) is 55.3 Å². The SMILES string of the molecule is CN=C(Cl)C(C)=C(N)c1ccc(OCc2c(F)cccc2NC)c(C)c1. The highest BCUT2D eigenvalue weighted by Crippen LogP contribution is 2.26. The average molecular weight is 376 g/mol. The number of ether oxygens (including phenoxy) is 1. The fourth-order valence-electron chi connectivity index (χ4n) is 2.56. The van der Waals surface area contributed by atoms with E-state index in [-0.39, 0.29) is 12.4 Å². The summed E-state index contributed by atoms with van der Waals surface area (Å²) < 4.78 is 19.9. The second-order valence-electron chi connectivity index (χ2n) is 5.84. The van der Waals surface area contributed by atoms with Crippen LogP contribution in [0.15, 0.2) is 47.0 Å². The molecule has 0 atom stereocenters. The summed E-state index contributed by atoms with van der Waals surface area (Å²) >= 11 is 6.04. The molecule has 0 bridgehead atoms. The van der Waals surface area contributed by atoms with E-state index in [1.165, 1.54) is 6.07 Å². The molecule has 0 aliphatic rings. The molecule has 138 valence electrons. The van der Waals surface area contributed by atoms with Crippen molar-refractivity contribution in [1.82, 2.24) is 0 Å². The summed E-state index contributed by atoms with van der Waals surface area (Å²) in [7, 11) is 3.37. The van der Waals surface area contributed by atoms with Crippen LogP contribution in [0, 0.1) is 12.7 Å².